The number of hydrogen-bond donors (Lipinski definition) is 1. The lowest BCUT2D eigenvalue weighted by molar-refractivity contribution is -0.116. The molecule has 1 unspecified atom stereocenters. The molecule has 1 fully saturated rings. The van der Waals surface area contributed by atoms with Crippen molar-refractivity contribution in [2.75, 3.05) is 23.3 Å². The first-order valence-electron chi connectivity index (χ1n) is 9.80. The molecular formula is C22H26N4O2. The summed E-state index contributed by atoms with van der Waals surface area (Å²) in [5.41, 5.74) is 2.85. The van der Waals surface area contributed by atoms with Gasteiger partial charge in [-0.1, -0.05) is 30.3 Å². The summed E-state index contributed by atoms with van der Waals surface area (Å²) in [6.07, 6.45) is 4.29. The Bertz CT molecular complexity index is 925. The number of benzene rings is 1. The quantitative estimate of drug-likeness (QED) is 0.702. The lowest BCUT2D eigenvalue weighted by Gasteiger charge is -2.18. The Hall–Kier alpha value is -3.02. The maximum absolute atomic E-state index is 13.0. The summed E-state index contributed by atoms with van der Waals surface area (Å²) in [5.74, 6) is 1.51. The van der Waals surface area contributed by atoms with Crippen LogP contribution < -0.4 is 10.2 Å². The lowest BCUT2D eigenvalue weighted by Crippen LogP contribution is -2.22. The van der Waals surface area contributed by atoms with Crippen LogP contribution in [0.1, 0.15) is 42.2 Å². The molecule has 146 valence electrons. The third-order valence-corrected chi connectivity index (χ3v) is 5.46. The van der Waals surface area contributed by atoms with Crippen molar-refractivity contribution >= 4 is 17.4 Å². The topological polar surface area (TPSA) is 63.3 Å². The van der Waals surface area contributed by atoms with E-state index in [1.165, 1.54) is 0 Å². The molecule has 3 heterocycles. The van der Waals surface area contributed by atoms with Crippen molar-refractivity contribution in [1.29, 1.82) is 0 Å². The minimum Gasteiger partial charge on any atom is -0.469 e. The van der Waals surface area contributed by atoms with E-state index in [2.05, 4.69) is 15.3 Å². The number of nitrogens with one attached hydrogen (secondary N) is 1. The minimum absolute atomic E-state index is 0.0400. The Morgan fingerprint density at radius 3 is 2.61 bits per heavy atom. The highest BCUT2D eigenvalue weighted by Crippen LogP contribution is 2.33. The third kappa shape index (κ3) is 3.67. The molecule has 6 nitrogen and oxygen atoms in total. The smallest absolute Gasteiger partial charge is 0.225 e. The van der Waals surface area contributed by atoms with E-state index in [1.807, 2.05) is 61.1 Å². The number of hydrogen-bond acceptors (Lipinski definition) is 4. The Morgan fingerprint density at radius 1 is 1.18 bits per heavy atom. The Balaban J connectivity index is 1.56. The zero-order valence-electron chi connectivity index (χ0n) is 16.4. The molecule has 1 aliphatic rings. The SMILES string of the molecule is Cc1c(NC(=O)CC(c2ccccc2)c2ccco2)c(N2CCCC2)nn1C. The van der Waals surface area contributed by atoms with Crippen molar-refractivity contribution in [3.63, 3.8) is 0 Å². The number of aromatic nitrogens is 2. The zero-order valence-corrected chi connectivity index (χ0v) is 16.4. The molecule has 4 rings (SSSR count). The number of furan rings is 1. The zero-order chi connectivity index (χ0) is 19.5. The summed E-state index contributed by atoms with van der Waals surface area (Å²) in [5, 5.41) is 7.77. The van der Waals surface area contributed by atoms with Gasteiger partial charge in [0.05, 0.1) is 17.9 Å². The van der Waals surface area contributed by atoms with Gasteiger partial charge in [0.1, 0.15) is 11.4 Å². The standard InChI is InChI=1S/C22H26N4O2/c1-16-21(22(24-25(16)2)26-12-6-7-13-26)23-20(27)15-18(19-11-8-14-28-19)17-9-4-3-5-10-17/h3-5,8-11,14,18H,6-7,12-13,15H2,1-2H3,(H,23,27). The first-order valence-corrected chi connectivity index (χ1v) is 9.80. The van der Waals surface area contributed by atoms with Crippen molar-refractivity contribution in [3.05, 3.63) is 65.7 Å². The van der Waals surface area contributed by atoms with Crippen molar-refractivity contribution in [2.45, 2.75) is 32.1 Å². The molecular weight excluding hydrogens is 352 g/mol. The van der Waals surface area contributed by atoms with Crippen molar-refractivity contribution < 1.29 is 9.21 Å². The molecule has 6 heteroatoms. The van der Waals surface area contributed by atoms with Gasteiger partial charge in [0.25, 0.3) is 0 Å². The fraction of sp³-hybridized carbons (Fsp3) is 0.364. The summed E-state index contributed by atoms with van der Waals surface area (Å²) in [6, 6.07) is 13.8. The number of carbonyl (C=O) groups excluding carboxylic acids is 1. The highest BCUT2D eigenvalue weighted by molar-refractivity contribution is 5.95. The summed E-state index contributed by atoms with van der Waals surface area (Å²) >= 11 is 0. The molecule has 0 saturated carbocycles. The average molecular weight is 378 g/mol. The van der Waals surface area contributed by atoms with E-state index in [4.69, 9.17) is 4.42 Å². The minimum atomic E-state index is -0.122. The van der Waals surface area contributed by atoms with Gasteiger partial charge in [0, 0.05) is 26.6 Å². The van der Waals surface area contributed by atoms with Gasteiger partial charge in [-0.2, -0.15) is 5.10 Å². The van der Waals surface area contributed by atoms with Crippen molar-refractivity contribution in [3.8, 4) is 0 Å². The summed E-state index contributed by atoms with van der Waals surface area (Å²) in [6.45, 7) is 3.96. The van der Waals surface area contributed by atoms with E-state index in [1.54, 1.807) is 6.26 Å². The molecule has 0 radical (unpaired) electrons. The van der Waals surface area contributed by atoms with Gasteiger partial charge >= 0.3 is 0 Å². The predicted octanol–water partition coefficient (Wildman–Crippen LogP) is 4.08. The predicted molar refractivity (Wildman–Crippen MR) is 110 cm³/mol. The highest BCUT2D eigenvalue weighted by Gasteiger charge is 2.25. The van der Waals surface area contributed by atoms with Crippen LogP contribution in [-0.4, -0.2) is 28.8 Å². The van der Waals surface area contributed by atoms with Crippen molar-refractivity contribution in [1.82, 2.24) is 9.78 Å². The first kappa shape index (κ1) is 18.3. The Morgan fingerprint density at radius 2 is 1.93 bits per heavy atom. The molecule has 0 bridgehead atoms. The first-order chi connectivity index (χ1) is 13.6. The number of carbonyl (C=O) groups is 1. The van der Waals surface area contributed by atoms with Crippen LogP contribution in [0.4, 0.5) is 11.5 Å². The van der Waals surface area contributed by atoms with E-state index in [-0.39, 0.29) is 11.8 Å². The van der Waals surface area contributed by atoms with Gasteiger partial charge in [-0.05, 0) is 37.5 Å². The molecule has 1 atom stereocenters. The van der Waals surface area contributed by atoms with Gasteiger partial charge in [-0.3, -0.25) is 9.48 Å². The number of rotatable bonds is 6. The second-order valence-corrected chi connectivity index (χ2v) is 7.33. The number of nitrogens with zero attached hydrogens (tertiary/aromatic N) is 3. The maximum Gasteiger partial charge on any atom is 0.225 e. The van der Waals surface area contributed by atoms with Crippen LogP contribution >= 0.6 is 0 Å². The van der Waals surface area contributed by atoms with Crippen LogP contribution in [-0.2, 0) is 11.8 Å². The van der Waals surface area contributed by atoms with E-state index in [9.17, 15) is 4.79 Å². The van der Waals surface area contributed by atoms with Crippen LogP contribution in [0.15, 0.2) is 53.1 Å². The van der Waals surface area contributed by atoms with E-state index in [0.717, 1.165) is 54.5 Å². The molecule has 1 aliphatic heterocycles. The summed E-state index contributed by atoms with van der Waals surface area (Å²) < 4.78 is 7.47. The van der Waals surface area contributed by atoms with E-state index in [0.29, 0.717) is 6.42 Å². The third-order valence-electron chi connectivity index (χ3n) is 5.46. The monoisotopic (exact) mass is 378 g/mol. The summed E-state index contributed by atoms with van der Waals surface area (Å²) in [7, 11) is 1.92. The Kier molecular flexibility index (Phi) is 5.19. The van der Waals surface area contributed by atoms with Crippen molar-refractivity contribution in [2.24, 2.45) is 7.05 Å². The highest BCUT2D eigenvalue weighted by atomic mass is 16.3. The van der Waals surface area contributed by atoms with Gasteiger partial charge in [0.2, 0.25) is 5.91 Å². The number of anilines is 2. The molecule has 0 aliphatic carbocycles. The largest absolute Gasteiger partial charge is 0.469 e. The van der Waals surface area contributed by atoms with E-state index < -0.39 is 0 Å². The normalized spacial score (nSPS) is 15.0. The van der Waals surface area contributed by atoms with Gasteiger partial charge in [-0.25, -0.2) is 0 Å². The van der Waals surface area contributed by atoms with Gasteiger partial charge in [-0.15, -0.1) is 0 Å². The van der Waals surface area contributed by atoms with Crippen LogP contribution in [0.25, 0.3) is 0 Å². The van der Waals surface area contributed by atoms with Gasteiger partial charge < -0.3 is 14.6 Å². The van der Waals surface area contributed by atoms with E-state index >= 15 is 0 Å². The molecule has 1 saturated heterocycles. The summed E-state index contributed by atoms with van der Waals surface area (Å²) in [4.78, 5) is 15.3. The van der Waals surface area contributed by atoms with Gasteiger partial charge in [0.15, 0.2) is 5.82 Å². The average Bonchev–Trinajstić information content (AvgIpc) is 3.46. The number of amides is 1. The second-order valence-electron chi connectivity index (χ2n) is 7.33. The van der Waals surface area contributed by atoms with Crippen LogP contribution in [0.3, 0.4) is 0 Å². The fourth-order valence-corrected chi connectivity index (χ4v) is 3.82. The maximum atomic E-state index is 13.0. The molecule has 1 aromatic carbocycles. The molecule has 1 amide bonds. The molecule has 1 N–H and O–H groups in total. The molecule has 28 heavy (non-hydrogen) atoms. The fourth-order valence-electron chi connectivity index (χ4n) is 3.82. The lowest BCUT2D eigenvalue weighted by atomic mass is 9.93. The molecule has 3 aromatic rings. The van der Waals surface area contributed by atoms with Crippen LogP contribution in [0, 0.1) is 6.92 Å². The Labute approximate surface area is 165 Å². The number of aryl methyl sites for hydroxylation is 1. The second kappa shape index (κ2) is 7.92. The van der Waals surface area contributed by atoms with Crippen LogP contribution in [0.2, 0.25) is 0 Å². The molecule has 0 spiro atoms. The van der Waals surface area contributed by atoms with Crippen LogP contribution in [0.5, 0.6) is 0 Å². The molecule has 2 aromatic heterocycles.